The Morgan fingerprint density at radius 3 is 0.787 bits per heavy atom. The van der Waals surface area contributed by atoms with E-state index in [1.807, 2.05) is 0 Å². The van der Waals surface area contributed by atoms with Crippen molar-refractivity contribution in [3.8, 4) is 0 Å². The van der Waals surface area contributed by atoms with Gasteiger partial charge in [-0.2, -0.15) is 0 Å². The van der Waals surface area contributed by atoms with Gasteiger partial charge in [0.1, 0.15) is 26.4 Å². The number of esters is 4. The molecule has 61 heavy (non-hydrogen) atoms. The number of hydrogen-bond acceptors (Lipinski definition) is 15. The Bertz CT molecular complexity index is 1380. The lowest BCUT2D eigenvalue weighted by Crippen LogP contribution is -2.46. The highest BCUT2D eigenvalue weighted by Crippen LogP contribution is 2.26. The average Bonchev–Trinajstić information content (AvgIpc) is 3.21. The third-order valence-corrected chi connectivity index (χ3v) is 8.99. The minimum absolute atomic E-state index is 0.119. The van der Waals surface area contributed by atoms with Gasteiger partial charge in [0, 0.05) is 48.0 Å². The second kappa shape index (κ2) is 30.6. The number of carboxylic acid groups (broad SMARTS) is 4. The van der Waals surface area contributed by atoms with Crippen molar-refractivity contribution in [3.05, 3.63) is 46.6 Å². The quantitative estimate of drug-likeness (QED) is 0.0231. The summed E-state index contributed by atoms with van der Waals surface area (Å²) < 4.78 is 27.8. The normalized spacial score (nSPS) is 14.3. The van der Waals surface area contributed by atoms with Crippen molar-refractivity contribution in [3.63, 3.8) is 0 Å². The minimum atomic E-state index is -1.64. The molecule has 0 unspecified atom stereocenters. The van der Waals surface area contributed by atoms with Gasteiger partial charge in [0.2, 0.25) is 0 Å². The zero-order valence-electron chi connectivity index (χ0n) is 35.4. The molecule has 0 aliphatic rings. The molecule has 0 radical (unpaired) electrons. The number of aliphatic carboxylic acids is 4. The molecule has 0 aromatic rings. The Balaban J connectivity index is 6.42. The van der Waals surface area contributed by atoms with Crippen molar-refractivity contribution in [2.24, 2.45) is 10.8 Å². The van der Waals surface area contributed by atoms with Crippen LogP contribution in [0, 0.1) is 10.8 Å². The first-order valence-corrected chi connectivity index (χ1v) is 19.7. The molecule has 0 spiro atoms. The van der Waals surface area contributed by atoms with Crippen LogP contribution in [0.2, 0.25) is 0 Å². The SMILES string of the molecule is CC(=CCCCC(=O)O)C(=O)OCC(CO)(COCC(CO)(COC(=O)C(C)=CCCCC(=O)O)COC(=O)C(C)=CCCCC(=O)O)COC(=O)C(C)=CCCCC(=O)O. The third kappa shape index (κ3) is 25.7. The van der Waals surface area contributed by atoms with Crippen molar-refractivity contribution in [2.75, 3.05) is 52.9 Å². The monoisotopic (exact) mass is 870 g/mol. The molecule has 6 N–H and O–H groups in total. The number of hydrogen-bond donors (Lipinski definition) is 6. The number of allylic oxidation sites excluding steroid dienone is 4. The van der Waals surface area contributed by atoms with Crippen LogP contribution in [0.15, 0.2) is 46.6 Å². The number of ether oxygens (including phenoxy) is 5. The molecule has 0 aromatic heterocycles. The number of unbranched alkanes of at least 4 members (excludes halogenated alkanes) is 4. The summed E-state index contributed by atoms with van der Waals surface area (Å²) in [6.45, 7) is 0.852. The van der Waals surface area contributed by atoms with E-state index in [4.69, 9.17) is 44.1 Å². The number of carboxylic acids is 4. The largest absolute Gasteiger partial charge is 0.481 e. The zero-order valence-corrected chi connectivity index (χ0v) is 35.4. The molecule has 0 aromatic carbocycles. The van der Waals surface area contributed by atoms with Crippen LogP contribution in [0.4, 0.5) is 0 Å². The summed E-state index contributed by atoms with van der Waals surface area (Å²) >= 11 is 0. The van der Waals surface area contributed by atoms with Crippen molar-refractivity contribution in [1.82, 2.24) is 0 Å². The van der Waals surface area contributed by atoms with Gasteiger partial charge in [0.25, 0.3) is 0 Å². The maximum absolute atomic E-state index is 12.9. The summed E-state index contributed by atoms with van der Waals surface area (Å²) in [5.74, 6) is -7.31. The maximum Gasteiger partial charge on any atom is 0.333 e. The number of carbonyl (C=O) groups excluding carboxylic acids is 4. The number of carbonyl (C=O) groups is 8. The first kappa shape index (κ1) is 55.6. The highest BCUT2D eigenvalue weighted by atomic mass is 16.6. The van der Waals surface area contributed by atoms with E-state index in [9.17, 15) is 48.6 Å². The predicted molar refractivity (Wildman–Crippen MR) is 215 cm³/mol. The molecule has 0 aliphatic carbocycles. The molecule has 0 fully saturated rings. The van der Waals surface area contributed by atoms with Crippen molar-refractivity contribution in [2.45, 2.75) is 105 Å². The lowest BCUT2D eigenvalue weighted by molar-refractivity contribution is -0.164. The fourth-order valence-electron chi connectivity index (χ4n) is 4.96. The van der Waals surface area contributed by atoms with Gasteiger partial charge < -0.3 is 54.3 Å². The summed E-state index contributed by atoms with van der Waals surface area (Å²) in [4.78, 5) is 95.0. The van der Waals surface area contributed by atoms with Gasteiger partial charge in [0.15, 0.2) is 0 Å². The van der Waals surface area contributed by atoms with Crippen LogP contribution in [0.25, 0.3) is 0 Å². The summed E-state index contributed by atoms with van der Waals surface area (Å²) in [5, 5.41) is 56.8. The molecule has 0 saturated heterocycles. The van der Waals surface area contributed by atoms with Crippen LogP contribution in [0.1, 0.15) is 105 Å². The fraction of sp³-hybridized carbons (Fsp3) is 0.619. The van der Waals surface area contributed by atoms with Crippen molar-refractivity contribution in [1.29, 1.82) is 0 Å². The Morgan fingerprint density at radius 2 is 0.607 bits per heavy atom. The van der Waals surface area contributed by atoms with Crippen LogP contribution < -0.4 is 0 Å². The number of aliphatic hydroxyl groups is 2. The van der Waals surface area contributed by atoms with Gasteiger partial charge in [-0.15, -0.1) is 0 Å². The molecule has 0 atom stereocenters. The van der Waals surface area contributed by atoms with Crippen molar-refractivity contribution >= 4 is 47.8 Å². The van der Waals surface area contributed by atoms with E-state index in [-0.39, 0.29) is 99.3 Å². The Labute approximate surface area is 355 Å². The first-order chi connectivity index (χ1) is 28.7. The van der Waals surface area contributed by atoms with Crippen LogP contribution in [-0.2, 0) is 62.0 Å². The van der Waals surface area contributed by atoms with Gasteiger partial charge in [0.05, 0.1) is 37.3 Å². The minimum Gasteiger partial charge on any atom is -0.481 e. The number of aliphatic hydroxyl groups excluding tert-OH is 2. The van der Waals surface area contributed by atoms with Crippen LogP contribution >= 0.6 is 0 Å². The van der Waals surface area contributed by atoms with Gasteiger partial charge in [-0.3, -0.25) is 19.2 Å². The second-order valence-corrected chi connectivity index (χ2v) is 14.8. The molecule has 0 rings (SSSR count). The summed E-state index contributed by atoms with van der Waals surface area (Å²) in [6.07, 6.45) is 7.54. The fourth-order valence-corrected chi connectivity index (χ4v) is 4.96. The van der Waals surface area contributed by atoms with E-state index in [0.29, 0.717) is 0 Å². The van der Waals surface area contributed by atoms with E-state index in [2.05, 4.69) is 0 Å². The molecule has 19 nitrogen and oxygen atoms in total. The molecule has 0 aliphatic heterocycles. The van der Waals surface area contributed by atoms with Gasteiger partial charge in [-0.05, 0) is 79.1 Å². The predicted octanol–water partition coefficient (Wildman–Crippen LogP) is 3.94. The molecule has 19 heteroatoms. The topological polar surface area (TPSA) is 304 Å². The molecular weight excluding hydrogens is 808 g/mol. The summed E-state index contributed by atoms with van der Waals surface area (Å²) in [6, 6.07) is 0. The molecule has 0 bridgehead atoms. The zero-order chi connectivity index (χ0) is 46.4. The highest BCUT2D eigenvalue weighted by molar-refractivity contribution is 5.89. The van der Waals surface area contributed by atoms with E-state index < -0.39 is 111 Å². The van der Waals surface area contributed by atoms with Crippen LogP contribution in [0.3, 0.4) is 0 Å². The lowest BCUT2D eigenvalue weighted by atomic mass is 9.90. The van der Waals surface area contributed by atoms with E-state index in [0.717, 1.165) is 0 Å². The molecule has 0 heterocycles. The highest BCUT2D eigenvalue weighted by Gasteiger charge is 2.39. The molecule has 0 saturated carbocycles. The van der Waals surface area contributed by atoms with Gasteiger partial charge in [-0.1, -0.05) is 24.3 Å². The maximum atomic E-state index is 12.9. The number of rotatable bonds is 34. The lowest BCUT2D eigenvalue weighted by Gasteiger charge is -2.34. The Kier molecular flexibility index (Phi) is 27.9. The molecular formula is C42H62O19. The van der Waals surface area contributed by atoms with Crippen LogP contribution in [0.5, 0.6) is 0 Å². The Hall–Kier alpha value is -5.40. The Morgan fingerprint density at radius 1 is 0.393 bits per heavy atom. The third-order valence-electron chi connectivity index (χ3n) is 8.99. The van der Waals surface area contributed by atoms with E-state index in [1.165, 1.54) is 52.0 Å². The smallest absolute Gasteiger partial charge is 0.333 e. The molecule has 0 amide bonds. The average molecular weight is 871 g/mol. The van der Waals surface area contributed by atoms with Gasteiger partial charge >= 0.3 is 47.8 Å². The van der Waals surface area contributed by atoms with Gasteiger partial charge in [-0.25, -0.2) is 19.2 Å². The van der Waals surface area contributed by atoms with Crippen molar-refractivity contribution < 1.29 is 92.7 Å². The second-order valence-electron chi connectivity index (χ2n) is 14.8. The molecule has 344 valence electrons. The summed E-state index contributed by atoms with van der Waals surface area (Å²) in [5.41, 5.74) is -2.74. The van der Waals surface area contributed by atoms with E-state index in [1.54, 1.807) is 0 Å². The van der Waals surface area contributed by atoms with Crippen LogP contribution in [-0.4, -0.2) is 131 Å². The van der Waals surface area contributed by atoms with E-state index >= 15 is 0 Å². The summed E-state index contributed by atoms with van der Waals surface area (Å²) in [7, 11) is 0. The standard InChI is InChI=1S/C42H62O19/c1-29(13-5-9-17-33(45)46)37(53)58-25-41(21-43,26-59-38(54)30(2)14-6-10-18-34(47)48)23-57-24-42(22-44,27-60-39(55)31(3)15-7-11-19-35(49)50)28-61-40(56)32(4)16-8-12-20-36(51)52/h13-16,43-44H,5-12,17-28H2,1-4H3,(H,45,46)(H,47,48)(H,49,50)(H,51,52). The first-order valence-electron chi connectivity index (χ1n) is 19.7.